The van der Waals surface area contributed by atoms with Gasteiger partial charge in [0.15, 0.2) is 0 Å². The minimum absolute atomic E-state index is 0.00238. The van der Waals surface area contributed by atoms with E-state index >= 15 is 4.39 Å². The number of anilines is 1. The molecule has 0 spiro atoms. The summed E-state index contributed by atoms with van der Waals surface area (Å²) in [5.41, 5.74) is 0.651. The lowest BCUT2D eigenvalue weighted by atomic mass is 10.1. The van der Waals surface area contributed by atoms with Crippen LogP contribution in [0.3, 0.4) is 0 Å². The molecule has 1 saturated heterocycles. The first-order valence-electron chi connectivity index (χ1n) is 13.1. The van der Waals surface area contributed by atoms with Gasteiger partial charge in [-0.15, -0.1) is 5.10 Å². The van der Waals surface area contributed by atoms with E-state index in [9.17, 15) is 19.5 Å². The summed E-state index contributed by atoms with van der Waals surface area (Å²) in [5, 5.41) is 22.0. The molecule has 1 N–H and O–H groups in total. The van der Waals surface area contributed by atoms with Crippen LogP contribution >= 0.6 is 27.7 Å². The van der Waals surface area contributed by atoms with Gasteiger partial charge in [-0.25, -0.2) is 9.18 Å². The lowest BCUT2D eigenvalue weighted by molar-refractivity contribution is -0.131. The van der Waals surface area contributed by atoms with Gasteiger partial charge in [-0.2, -0.15) is 4.68 Å². The van der Waals surface area contributed by atoms with Gasteiger partial charge in [0.1, 0.15) is 11.4 Å². The number of carboxylic acid groups (broad SMARTS) is 1. The number of carboxylic acids is 1. The zero-order chi connectivity index (χ0) is 28.7. The van der Waals surface area contributed by atoms with Gasteiger partial charge in [-0.1, -0.05) is 27.7 Å². The zero-order valence-corrected chi connectivity index (χ0v) is 24.1. The molecular weight excluding hydrogens is 617 g/mol. The Kier molecular flexibility index (Phi) is 7.51. The standard InChI is InChI=1S/C27H25BrFN7O4S/c28-16-1-3-18(4-2-16)36-27(30-31-32-36)41-12-7-24(37)34-10-8-33(9-11-34)23-14-22-19(13-21(23)29)25(38)20(26(39)40)15-35(22)17-5-6-17/h1-4,13-15,17H,5-12H2,(H,39,40). The monoisotopic (exact) mass is 641 g/mol. The summed E-state index contributed by atoms with van der Waals surface area (Å²) in [4.78, 5) is 40.9. The third-order valence-electron chi connectivity index (χ3n) is 7.30. The molecular formula is C27H25BrFN7O4S. The van der Waals surface area contributed by atoms with E-state index in [0.717, 1.165) is 29.1 Å². The molecule has 11 nitrogen and oxygen atoms in total. The molecule has 14 heteroatoms. The lowest BCUT2D eigenvalue weighted by Crippen LogP contribution is -2.49. The summed E-state index contributed by atoms with van der Waals surface area (Å²) in [6, 6.07) is 10.5. The van der Waals surface area contributed by atoms with E-state index in [1.54, 1.807) is 20.2 Å². The molecule has 2 aromatic carbocycles. The molecule has 0 unspecified atom stereocenters. The molecule has 2 aromatic heterocycles. The molecule has 1 saturated carbocycles. The fraction of sp³-hybridized carbons (Fsp3) is 0.333. The molecule has 41 heavy (non-hydrogen) atoms. The minimum Gasteiger partial charge on any atom is -0.477 e. The summed E-state index contributed by atoms with van der Waals surface area (Å²) in [5.74, 6) is -1.40. The lowest BCUT2D eigenvalue weighted by Gasteiger charge is -2.36. The van der Waals surface area contributed by atoms with Crippen LogP contribution in [0.4, 0.5) is 10.1 Å². The van der Waals surface area contributed by atoms with Gasteiger partial charge in [0.2, 0.25) is 16.5 Å². The van der Waals surface area contributed by atoms with E-state index in [2.05, 4.69) is 31.5 Å². The number of tetrazole rings is 1. The third kappa shape index (κ3) is 5.58. The van der Waals surface area contributed by atoms with Gasteiger partial charge in [0.25, 0.3) is 0 Å². The largest absolute Gasteiger partial charge is 0.477 e. The van der Waals surface area contributed by atoms with Crippen molar-refractivity contribution in [3.8, 4) is 5.69 Å². The Morgan fingerprint density at radius 1 is 1.10 bits per heavy atom. The van der Waals surface area contributed by atoms with Crippen molar-refractivity contribution in [3.05, 3.63) is 68.7 Å². The van der Waals surface area contributed by atoms with E-state index in [1.165, 1.54) is 18.0 Å². The summed E-state index contributed by atoms with van der Waals surface area (Å²) < 4.78 is 19.6. The van der Waals surface area contributed by atoms with Crippen molar-refractivity contribution in [3.63, 3.8) is 0 Å². The number of hydrogen-bond donors (Lipinski definition) is 1. The smallest absolute Gasteiger partial charge is 0.341 e. The van der Waals surface area contributed by atoms with Crippen LogP contribution in [0.1, 0.15) is 35.7 Å². The molecule has 1 amide bonds. The Bertz CT molecular complexity index is 1700. The maximum Gasteiger partial charge on any atom is 0.341 e. The summed E-state index contributed by atoms with van der Waals surface area (Å²) in [6.07, 6.45) is 3.43. The average Bonchev–Trinajstić information content (AvgIpc) is 3.71. The molecule has 2 aliphatic rings. The Labute approximate surface area is 246 Å². The fourth-order valence-electron chi connectivity index (χ4n) is 5.01. The van der Waals surface area contributed by atoms with Crippen molar-refractivity contribution in [1.29, 1.82) is 0 Å². The minimum atomic E-state index is -1.32. The number of piperazine rings is 1. The van der Waals surface area contributed by atoms with Crippen LogP contribution in [0, 0.1) is 5.82 Å². The van der Waals surface area contributed by atoms with Crippen LogP contribution in [-0.4, -0.2) is 78.6 Å². The molecule has 0 bridgehead atoms. The number of rotatable bonds is 8. The first kappa shape index (κ1) is 27.4. The number of hydrogen-bond acceptors (Lipinski definition) is 8. The predicted molar refractivity (Wildman–Crippen MR) is 154 cm³/mol. The van der Waals surface area contributed by atoms with Crippen molar-refractivity contribution < 1.29 is 19.1 Å². The Morgan fingerprint density at radius 3 is 2.51 bits per heavy atom. The number of halogens is 2. The predicted octanol–water partition coefficient (Wildman–Crippen LogP) is 3.74. The van der Waals surface area contributed by atoms with Gasteiger partial charge >= 0.3 is 5.97 Å². The zero-order valence-electron chi connectivity index (χ0n) is 21.7. The van der Waals surface area contributed by atoms with E-state index in [4.69, 9.17) is 0 Å². The highest BCUT2D eigenvalue weighted by Crippen LogP contribution is 2.38. The second-order valence-corrected chi connectivity index (χ2v) is 11.9. The number of benzene rings is 2. The van der Waals surface area contributed by atoms with Crippen molar-refractivity contribution in [2.45, 2.75) is 30.5 Å². The maximum absolute atomic E-state index is 15.3. The van der Waals surface area contributed by atoms with Crippen LogP contribution in [0.2, 0.25) is 0 Å². The van der Waals surface area contributed by atoms with Gasteiger partial charge in [0.05, 0.1) is 16.9 Å². The SMILES string of the molecule is O=C(O)c1cn(C2CC2)c2cc(N3CCN(C(=O)CCSc4nnnn4-c4ccc(Br)cc4)CC3)c(F)cc2c1=O. The number of amides is 1. The van der Waals surface area contributed by atoms with E-state index in [1.807, 2.05) is 29.2 Å². The molecule has 0 atom stereocenters. The normalized spacial score (nSPS) is 15.5. The number of pyridine rings is 1. The quantitative estimate of drug-likeness (QED) is 0.286. The summed E-state index contributed by atoms with van der Waals surface area (Å²) >= 11 is 4.81. The van der Waals surface area contributed by atoms with Gasteiger partial charge in [-0.3, -0.25) is 9.59 Å². The topological polar surface area (TPSA) is 126 Å². The Balaban J connectivity index is 1.10. The molecule has 2 fully saturated rings. The van der Waals surface area contributed by atoms with Gasteiger partial charge in [0, 0.05) is 60.5 Å². The summed E-state index contributed by atoms with van der Waals surface area (Å²) in [6.45, 7) is 1.74. The number of aromatic carboxylic acids is 1. The number of thioether (sulfide) groups is 1. The maximum atomic E-state index is 15.3. The summed E-state index contributed by atoms with van der Waals surface area (Å²) in [7, 11) is 0. The van der Waals surface area contributed by atoms with Crippen LogP contribution in [0.25, 0.3) is 16.6 Å². The molecule has 1 aliphatic carbocycles. The van der Waals surface area contributed by atoms with E-state index in [0.29, 0.717) is 54.7 Å². The number of aromatic nitrogens is 5. The molecule has 0 radical (unpaired) electrons. The average molecular weight is 643 g/mol. The Morgan fingerprint density at radius 2 is 1.83 bits per heavy atom. The molecule has 3 heterocycles. The molecule has 4 aromatic rings. The van der Waals surface area contributed by atoms with Crippen LogP contribution in [0.5, 0.6) is 0 Å². The van der Waals surface area contributed by atoms with Crippen molar-refractivity contribution in [2.24, 2.45) is 0 Å². The van der Waals surface area contributed by atoms with E-state index < -0.39 is 17.2 Å². The highest BCUT2D eigenvalue weighted by molar-refractivity contribution is 9.10. The molecule has 212 valence electrons. The van der Waals surface area contributed by atoms with E-state index in [-0.39, 0.29) is 22.9 Å². The van der Waals surface area contributed by atoms with Crippen molar-refractivity contribution >= 4 is 56.2 Å². The number of nitrogens with zero attached hydrogens (tertiary/aromatic N) is 7. The first-order valence-corrected chi connectivity index (χ1v) is 14.9. The third-order valence-corrected chi connectivity index (χ3v) is 8.75. The van der Waals surface area contributed by atoms with Crippen molar-refractivity contribution in [1.82, 2.24) is 29.7 Å². The van der Waals surface area contributed by atoms with Crippen molar-refractivity contribution in [2.75, 3.05) is 36.8 Å². The highest BCUT2D eigenvalue weighted by Gasteiger charge is 2.29. The van der Waals surface area contributed by atoms with Crippen LogP contribution < -0.4 is 10.3 Å². The second kappa shape index (κ2) is 11.2. The molecule has 1 aliphatic heterocycles. The highest BCUT2D eigenvalue weighted by atomic mass is 79.9. The molecule has 6 rings (SSSR count). The second-order valence-electron chi connectivity index (χ2n) is 9.95. The fourth-order valence-corrected chi connectivity index (χ4v) is 6.09. The Hall–Kier alpha value is -3.78. The van der Waals surface area contributed by atoms with Gasteiger partial charge < -0.3 is 19.5 Å². The van der Waals surface area contributed by atoms with Gasteiger partial charge in [-0.05, 0) is 59.7 Å². The number of carbonyl (C=O) groups excluding carboxylic acids is 1. The number of fused-ring (bicyclic) bond motifs is 1. The number of carbonyl (C=O) groups is 2. The van der Waals surface area contributed by atoms with Crippen LogP contribution in [-0.2, 0) is 4.79 Å². The van der Waals surface area contributed by atoms with Crippen LogP contribution in [0.15, 0.2) is 57.0 Å². The first-order chi connectivity index (χ1) is 19.8.